The Bertz CT molecular complexity index is 988. The summed E-state index contributed by atoms with van der Waals surface area (Å²) in [5, 5.41) is 0. The minimum atomic E-state index is -2.91. The van der Waals surface area contributed by atoms with Gasteiger partial charge in [-0.05, 0) is 31.0 Å². The molecule has 0 radical (unpaired) electrons. The average Bonchev–Trinajstić information content (AvgIpc) is 3.19. The highest BCUT2D eigenvalue weighted by atomic mass is 79.9. The Morgan fingerprint density at radius 1 is 1.07 bits per heavy atom. The fourth-order valence-corrected chi connectivity index (χ4v) is 6.54. The van der Waals surface area contributed by atoms with Gasteiger partial charge in [0.15, 0.2) is 9.84 Å². The predicted octanol–water partition coefficient (Wildman–Crippen LogP) is 1.16. The monoisotopic (exact) mass is 497 g/mol. The van der Waals surface area contributed by atoms with Crippen LogP contribution in [0.25, 0.3) is 0 Å². The lowest BCUT2D eigenvalue weighted by molar-refractivity contribution is -0.133. The lowest BCUT2D eigenvalue weighted by Crippen LogP contribution is -2.52. The number of nitrogens with zero attached hydrogens (tertiary/aromatic N) is 3. The van der Waals surface area contributed by atoms with Gasteiger partial charge in [-0.1, -0.05) is 15.9 Å². The van der Waals surface area contributed by atoms with Crippen molar-refractivity contribution in [2.75, 3.05) is 44.2 Å². The van der Waals surface area contributed by atoms with Gasteiger partial charge < -0.3 is 4.90 Å². The van der Waals surface area contributed by atoms with Crippen molar-refractivity contribution in [3.63, 3.8) is 0 Å². The van der Waals surface area contributed by atoms with E-state index in [2.05, 4.69) is 20.8 Å². The Morgan fingerprint density at radius 2 is 1.77 bits per heavy atom. The van der Waals surface area contributed by atoms with Crippen molar-refractivity contribution in [2.24, 2.45) is 0 Å². The molecule has 3 heterocycles. The average molecular weight is 498 g/mol. The van der Waals surface area contributed by atoms with Gasteiger partial charge in [0.2, 0.25) is 5.91 Å². The maximum Gasteiger partial charge on any atom is 0.261 e. The van der Waals surface area contributed by atoms with E-state index in [-0.39, 0.29) is 48.2 Å². The molecule has 30 heavy (non-hydrogen) atoms. The Hall–Kier alpha value is -1.78. The normalized spacial score (nSPS) is 23.8. The summed E-state index contributed by atoms with van der Waals surface area (Å²) >= 11 is 3.31. The molecule has 4 rings (SSSR count). The fourth-order valence-electron chi connectivity index (χ4n) is 4.41. The van der Waals surface area contributed by atoms with Gasteiger partial charge in [0.25, 0.3) is 11.8 Å². The van der Waals surface area contributed by atoms with Crippen LogP contribution >= 0.6 is 15.9 Å². The molecule has 0 aliphatic carbocycles. The molecular weight excluding hydrogens is 474 g/mol. The van der Waals surface area contributed by atoms with Gasteiger partial charge in [0.05, 0.1) is 22.6 Å². The number of halogens is 1. The van der Waals surface area contributed by atoms with Crippen LogP contribution in [0.1, 0.15) is 40.0 Å². The predicted molar refractivity (Wildman–Crippen MR) is 114 cm³/mol. The second-order valence-electron chi connectivity index (χ2n) is 8.03. The third-order valence-corrected chi connectivity index (χ3v) is 8.34. The first-order valence-corrected chi connectivity index (χ1v) is 12.7. The molecule has 10 heteroatoms. The Kier molecular flexibility index (Phi) is 6.00. The van der Waals surface area contributed by atoms with Crippen LogP contribution < -0.4 is 0 Å². The molecular formula is C20H24BrN3O5S. The summed E-state index contributed by atoms with van der Waals surface area (Å²) in [5.41, 5.74) is 0.797. The molecule has 2 fully saturated rings. The summed E-state index contributed by atoms with van der Waals surface area (Å²) in [7, 11) is -2.91. The van der Waals surface area contributed by atoms with Gasteiger partial charge in [0, 0.05) is 49.7 Å². The van der Waals surface area contributed by atoms with Crippen LogP contribution in [-0.2, 0) is 14.6 Å². The molecule has 0 saturated carbocycles. The summed E-state index contributed by atoms with van der Waals surface area (Å²) < 4.78 is 24.1. The topological polar surface area (TPSA) is 95.1 Å². The van der Waals surface area contributed by atoms with Crippen LogP contribution in [0.2, 0.25) is 0 Å². The molecule has 3 aliphatic heterocycles. The number of imide groups is 1. The van der Waals surface area contributed by atoms with Crippen LogP contribution in [0.5, 0.6) is 0 Å². The number of rotatable bonds is 5. The van der Waals surface area contributed by atoms with E-state index in [1.54, 1.807) is 23.1 Å². The highest BCUT2D eigenvalue weighted by molar-refractivity contribution is 9.10. The summed E-state index contributed by atoms with van der Waals surface area (Å²) in [6, 6.07) is 5.09. The van der Waals surface area contributed by atoms with Gasteiger partial charge in [-0.15, -0.1) is 0 Å². The Balaban J connectivity index is 1.23. The first-order valence-electron chi connectivity index (χ1n) is 10.1. The van der Waals surface area contributed by atoms with Crippen molar-refractivity contribution in [1.82, 2.24) is 14.7 Å². The largest absolute Gasteiger partial charge is 0.340 e. The minimum absolute atomic E-state index is 0.00745. The van der Waals surface area contributed by atoms with Crippen molar-refractivity contribution >= 4 is 43.5 Å². The molecule has 0 spiro atoms. The number of benzene rings is 1. The number of fused-ring (bicyclic) bond motifs is 1. The van der Waals surface area contributed by atoms with Crippen molar-refractivity contribution < 1.29 is 22.8 Å². The summed E-state index contributed by atoms with van der Waals surface area (Å²) in [4.78, 5) is 42.7. The molecule has 3 amide bonds. The van der Waals surface area contributed by atoms with Gasteiger partial charge in [-0.2, -0.15) is 0 Å². The van der Waals surface area contributed by atoms with Gasteiger partial charge >= 0.3 is 0 Å². The summed E-state index contributed by atoms with van der Waals surface area (Å²) in [6.07, 6.45) is 1.37. The van der Waals surface area contributed by atoms with Crippen molar-refractivity contribution in [2.45, 2.75) is 25.3 Å². The van der Waals surface area contributed by atoms with E-state index in [0.29, 0.717) is 50.1 Å². The van der Waals surface area contributed by atoms with Crippen LogP contribution in [-0.4, -0.2) is 91.1 Å². The maximum atomic E-state index is 12.5. The number of hydrogen-bond donors (Lipinski definition) is 0. The number of piperazine rings is 1. The number of carbonyl (C=O) groups excluding carboxylic acids is 3. The van der Waals surface area contributed by atoms with E-state index < -0.39 is 9.84 Å². The van der Waals surface area contributed by atoms with Gasteiger partial charge in [-0.25, -0.2) is 8.42 Å². The number of carbonyl (C=O) groups is 3. The Morgan fingerprint density at radius 3 is 2.43 bits per heavy atom. The van der Waals surface area contributed by atoms with Gasteiger partial charge in [-0.3, -0.25) is 24.2 Å². The summed E-state index contributed by atoms with van der Waals surface area (Å²) in [6.45, 7) is 2.74. The number of amides is 3. The third kappa shape index (κ3) is 4.31. The molecule has 162 valence electrons. The molecule has 8 nitrogen and oxygen atoms in total. The summed E-state index contributed by atoms with van der Waals surface area (Å²) in [5.74, 6) is -0.143. The molecule has 1 aromatic rings. The van der Waals surface area contributed by atoms with E-state index in [0.717, 1.165) is 4.47 Å². The first kappa shape index (κ1) is 21.5. The van der Waals surface area contributed by atoms with Crippen LogP contribution in [0, 0.1) is 0 Å². The second-order valence-corrected chi connectivity index (χ2v) is 11.2. The van der Waals surface area contributed by atoms with E-state index in [1.807, 2.05) is 0 Å². The van der Waals surface area contributed by atoms with Gasteiger partial charge in [0.1, 0.15) is 0 Å². The Labute approximate surface area is 184 Å². The molecule has 3 aliphatic rings. The lowest BCUT2D eigenvalue weighted by Gasteiger charge is -2.37. The quantitative estimate of drug-likeness (QED) is 0.566. The van der Waals surface area contributed by atoms with Crippen molar-refractivity contribution in [1.29, 1.82) is 0 Å². The molecule has 2 saturated heterocycles. The molecule has 1 unspecified atom stereocenters. The molecule has 1 aromatic carbocycles. The number of hydrogen-bond acceptors (Lipinski definition) is 6. The van der Waals surface area contributed by atoms with Crippen LogP contribution in [0.15, 0.2) is 22.7 Å². The zero-order chi connectivity index (χ0) is 21.5. The fraction of sp³-hybridized carbons (Fsp3) is 0.550. The minimum Gasteiger partial charge on any atom is -0.340 e. The number of sulfone groups is 1. The van der Waals surface area contributed by atoms with E-state index in [4.69, 9.17) is 0 Å². The SMILES string of the molecule is O=C(CCCN1C(=O)c2ccc(Br)cc2C1=O)N1CCN(C2CCS(=O)(=O)C2)CC1. The molecule has 0 aromatic heterocycles. The zero-order valence-electron chi connectivity index (χ0n) is 16.5. The standard InChI is InChI=1S/C20H24BrN3O5S/c21-14-3-4-16-17(12-14)20(27)24(19(16)26)6-1-2-18(25)23-9-7-22(8-10-23)15-5-11-30(28,29)13-15/h3-4,12,15H,1-2,5-11,13H2. The van der Waals surface area contributed by atoms with Crippen molar-refractivity contribution in [3.05, 3.63) is 33.8 Å². The molecule has 0 N–H and O–H groups in total. The van der Waals surface area contributed by atoms with Crippen molar-refractivity contribution in [3.8, 4) is 0 Å². The van der Waals surface area contributed by atoms with Crippen LogP contribution in [0.3, 0.4) is 0 Å². The molecule has 1 atom stereocenters. The van der Waals surface area contributed by atoms with E-state index >= 15 is 0 Å². The van der Waals surface area contributed by atoms with E-state index in [9.17, 15) is 22.8 Å². The molecule has 0 bridgehead atoms. The smallest absolute Gasteiger partial charge is 0.261 e. The lowest BCUT2D eigenvalue weighted by atomic mass is 10.1. The first-order chi connectivity index (χ1) is 14.2. The zero-order valence-corrected chi connectivity index (χ0v) is 19.0. The third-order valence-electron chi connectivity index (χ3n) is 6.10. The highest BCUT2D eigenvalue weighted by Gasteiger charge is 2.36. The van der Waals surface area contributed by atoms with E-state index in [1.165, 1.54) is 4.90 Å². The second kappa shape index (κ2) is 8.39. The maximum absolute atomic E-state index is 12.5. The highest BCUT2D eigenvalue weighted by Crippen LogP contribution is 2.26. The van der Waals surface area contributed by atoms with Crippen LogP contribution in [0.4, 0.5) is 0 Å².